The molecule has 4 rings (SSSR count). The monoisotopic (exact) mass is 405 g/mol. The van der Waals surface area contributed by atoms with Gasteiger partial charge in [0, 0.05) is 39.2 Å². The molecule has 2 aromatic carbocycles. The van der Waals surface area contributed by atoms with Gasteiger partial charge >= 0.3 is 0 Å². The lowest BCUT2D eigenvalue weighted by atomic mass is 9.86. The molecule has 0 amide bonds. The maximum atomic E-state index is 11.8. The van der Waals surface area contributed by atoms with Crippen molar-refractivity contribution in [3.05, 3.63) is 88.7 Å². The van der Waals surface area contributed by atoms with Crippen LogP contribution < -0.4 is 10.3 Å². The Hall–Kier alpha value is -2.89. The predicted octanol–water partition coefficient (Wildman–Crippen LogP) is 4.33. The summed E-state index contributed by atoms with van der Waals surface area (Å²) in [7, 11) is 1.78. The van der Waals surface area contributed by atoms with Gasteiger partial charge in [-0.2, -0.15) is 0 Å². The Balaban J connectivity index is 1.53. The number of aromatic nitrogens is 1. The molecule has 1 aromatic heterocycles. The van der Waals surface area contributed by atoms with Gasteiger partial charge in [0.15, 0.2) is 0 Å². The van der Waals surface area contributed by atoms with Gasteiger partial charge in [-0.15, -0.1) is 6.58 Å². The lowest BCUT2D eigenvalue weighted by Gasteiger charge is -2.37. The number of hydrogen-bond donors (Lipinski definition) is 0. The van der Waals surface area contributed by atoms with Gasteiger partial charge in [-0.1, -0.05) is 24.3 Å². The van der Waals surface area contributed by atoms with Gasteiger partial charge in [0.05, 0.1) is 17.7 Å². The first kappa shape index (κ1) is 20.4. The van der Waals surface area contributed by atoms with Crippen molar-refractivity contribution in [3.63, 3.8) is 0 Å². The van der Waals surface area contributed by atoms with Gasteiger partial charge in [0.25, 0.3) is 5.56 Å². The van der Waals surface area contributed by atoms with Gasteiger partial charge in [0.2, 0.25) is 0 Å². The molecule has 3 aromatic rings. The highest BCUT2D eigenvalue weighted by Gasteiger charge is 2.35. The van der Waals surface area contributed by atoms with Gasteiger partial charge in [-0.05, 0) is 46.8 Å². The van der Waals surface area contributed by atoms with Crippen molar-refractivity contribution in [1.82, 2.24) is 4.57 Å². The normalized spacial score (nSPS) is 15.8. The summed E-state index contributed by atoms with van der Waals surface area (Å²) in [5.74, 6) is 0.807. The van der Waals surface area contributed by atoms with E-state index in [0.29, 0.717) is 26.4 Å². The van der Waals surface area contributed by atoms with Crippen molar-refractivity contribution in [1.29, 1.82) is 0 Å². The second-order valence-electron chi connectivity index (χ2n) is 7.65. The number of rotatable bonds is 7. The summed E-state index contributed by atoms with van der Waals surface area (Å²) in [4.78, 5) is 11.8. The molecular formula is C25H27NO4. The van der Waals surface area contributed by atoms with Gasteiger partial charge in [0.1, 0.15) is 12.4 Å². The number of nitrogens with zero attached hydrogens (tertiary/aromatic N) is 1. The van der Waals surface area contributed by atoms with E-state index in [9.17, 15) is 4.79 Å². The van der Waals surface area contributed by atoms with E-state index in [1.165, 1.54) is 0 Å². The van der Waals surface area contributed by atoms with Crippen LogP contribution in [-0.4, -0.2) is 24.4 Å². The molecule has 0 N–H and O–H groups in total. The molecule has 0 radical (unpaired) electrons. The molecule has 5 heteroatoms. The van der Waals surface area contributed by atoms with Gasteiger partial charge in [-0.3, -0.25) is 4.79 Å². The minimum atomic E-state index is -0.362. The molecule has 0 atom stereocenters. The van der Waals surface area contributed by atoms with E-state index in [-0.39, 0.29) is 11.2 Å². The maximum absolute atomic E-state index is 11.8. The van der Waals surface area contributed by atoms with E-state index in [1.54, 1.807) is 23.8 Å². The zero-order chi connectivity index (χ0) is 21.0. The van der Waals surface area contributed by atoms with Crippen LogP contribution in [0.5, 0.6) is 5.75 Å². The van der Waals surface area contributed by atoms with Crippen LogP contribution in [0.25, 0.3) is 10.9 Å². The Morgan fingerprint density at radius 3 is 2.77 bits per heavy atom. The molecule has 0 unspecified atom stereocenters. The summed E-state index contributed by atoms with van der Waals surface area (Å²) in [6, 6.07) is 17.6. The standard InChI is InChI=1S/C25H27NO4/c1-3-13-30-25(11-14-28-15-12-25)21-5-4-6-22(17-21)29-18-19-7-9-23-20(16-19)8-10-24(27)26(23)2/h3-10,16-17H,1,11-15,18H2,2H3. The third kappa shape index (κ3) is 4.18. The highest BCUT2D eigenvalue weighted by atomic mass is 16.5. The van der Waals surface area contributed by atoms with Crippen LogP contribution in [-0.2, 0) is 28.7 Å². The van der Waals surface area contributed by atoms with Crippen LogP contribution >= 0.6 is 0 Å². The molecule has 1 aliphatic rings. The van der Waals surface area contributed by atoms with Crippen molar-refractivity contribution in [3.8, 4) is 5.75 Å². The topological polar surface area (TPSA) is 49.7 Å². The molecule has 156 valence electrons. The average Bonchev–Trinajstić information content (AvgIpc) is 2.79. The maximum Gasteiger partial charge on any atom is 0.250 e. The predicted molar refractivity (Wildman–Crippen MR) is 118 cm³/mol. The molecule has 2 heterocycles. The van der Waals surface area contributed by atoms with Gasteiger partial charge in [-0.25, -0.2) is 0 Å². The number of aryl methyl sites for hydroxylation is 1. The summed E-state index contributed by atoms with van der Waals surface area (Å²) in [6.07, 6.45) is 3.41. The highest BCUT2D eigenvalue weighted by molar-refractivity contribution is 5.79. The second-order valence-corrected chi connectivity index (χ2v) is 7.65. The summed E-state index contributed by atoms with van der Waals surface area (Å²) in [5.41, 5.74) is 2.70. The van der Waals surface area contributed by atoms with Crippen LogP contribution in [0.3, 0.4) is 0 Å². The average molecular weight is 405 g/mol. The Kier molecular flexibility index (Phi) is 6.02. The summed E-state index contributed by atoms with van der Waals surface area (Å²) >= 11 is 0. The molecule has 0 bridgehead atoms. The SMILES string of the molecule is C=CCOC1(c2cccc(OCc3ccc4c(ccc(=O)n4C)c3)c2)CCOCC1. The molecular weight excluding hydrogens is 378 g/mol. The first-order valence-corrected chi connectivity index (χ1v) is 10.3. The third-order valence-electron chi connectivity index (χ3n) is 5.73. The largest absolute Gasteiger partial charge is 0.489 e. The van der Waals surface area contributed by atoms with Crippen molar-refractivity contribution >= 4 is 10.9 Å². The zero-order valence-electron chi connectivity index (χ0n) is 17.3. The number of hydrogen-bond acceptors (Lipinski definition) is 4. The first-order valence-electron chi connectivity index (χ1n) is 10.3. The van der Waals surface area contributed by atoms with Crippen molar-refractivity contribution < 1.29 is 14.2 Å². The third-order valence-corrected chi connectivity index (χ3v) is 5.73. The number of ether oxygens (including phenoxy) is 3. The summed E-state index contributed by atoms with van der Waals surface area (Å²) in [6.45, 7) is 6.10. The van der Waals surface area contributed by atoms with E-state index in [0.717, 1.165) is 40.6 Å². The van der Waals surface area contributed by atoms with E-state index >= 15 is 0 Å². The molecule has 30 heavy (non-hydrogen) atoms. The lowest BCUT2D eigenvalue weighted by Crippen LogP contribution is -2.36. The highest BCUT2D eigenvalue weighted by Crippen LogP contribution is 2.37. The van der Waals surface area contributed by atoms with Crippen molar-refractivity contribution in [2.75, 3.05) is 19.8 Å². The lowest BCUT2D eigenvalue weighted by molar-refractivity contribution is -0.107. The van der Waals surface area contributed by atoms with Crippen LogP contribution in [0, 0.1) is 0 Å². The summed E-state index contributed by atoms with van der Waals surface area (Å²) in [5, 5.41) is 1.02. The number of fused-ring (bicyclic) bond motifs is 1. The zero-order valence-corrected chi connectivity index (χ0v) is 17.3. The van der Waals surface area contributed by atoms with E-state index in [1.807, 2.05) is 30.3 Å². The van der Waals surface area contributed by atoms with Crippen molar-refractivity contribution in [2.45, 2.75) is 25.0 Å². The molecule has 0 saturated carbocycles. The summed E-state index contributed by atoms with van der Waals surface area (Å²) < 4.78 is 19.5. The van der Waals surface area contributed by atoms with Crippen molar-refractivity contribution in [2.24, 2.45) is 7.05 Å². The van der Waals surface area contributed by atoms with Crippen LogP contribution in [0.2, 0.25) is 0 Å². The quantitative estimate of drug-likeness (QED) is 0.549. The Morgan fingerprint density at radius 2 is 1.97 bits per heavy atom. The number of benzene rings is 2. The second kappa shape index (κ2) is 8.86. The fourth-order valence-corrected chi connectivity index (χ4v) is 4.00. The van der Waals surface area contributed by atoms with E-state index < -0.39 is 0 Å². The fraction of sp³-hybridized carbons (Fsp3) is 0.320. The molecule has 1 fully saturated rings. The molecule has 5 nitrogen and oxygen atoms in total. The van der Waals surface area contributed by atoms with Gasteiger partial charge < -0.3 is 18.8 Å². The van der Waals surface area contributed by atoms with E-state index in [4.69, 9.17) is 14.2 Å². The fourth-order valence-electron chi connectivity index (χ4n) is 4.00. The smallest absolute Gasteiger partial charge is 0.250 e. The van der Waals surface area contributed by atoms with Crippen LogP contribution in [0.4, 0.5) is 0 Å². The molecule has 0 spiro atoms. The Bertz CT molecular complexity index is 1100. The van der Waals surface area contributed by atoms with Crippen LogP contribution in [0.15, 0.2) is 72.0 Å². The first-order chi connectivity index (χ1) is 14.6. The molecule has 0 aliphatic carbocycles. The molecule has 1 aliphatic heterocycles. The Morgan fingerprint density at radius 1 is 1.13 bits per heavy atom. The number of pyridine rings is 1. The van der Waals surface area contributed by atoms with Crippen LogP contribution in [0.1, 0.15) is 24.0 Å². The minimum Gasteiger partial charge on any atom is -0.489 e. The van der Waals surface area contributed by atoms with E-state index in [2.05, 4.69) is 24.8 Å². The Labute approximate surface area is 176 Å². The molecule has 1 saturated heterocycles. The minimum absolute atomic E-state index is 0.0102.